The number of hydrogen-bond acceptors (Lipinski definition) is 3. The van der Waals surface area contributed by atoms with Gasteiger partial charge in [-0.2, -0.15) is 13.2 Å². The van der Waals surface area contributed by atoms with Gasteiger partial charge in [0.25, 0.3) is 0 Å². The van der Waals surface area contributed by atoms with E-state index in [0.717, 1.165) is 11.1 Å². The van der Waals surface area contributed by atoms with Crippen LogP contribution < -0.4 is 4.72 Å². The molecule has 27 heavy (non-hydrogen) atoms. The van der Waals surface area contributed by atoms with E-state index in [-0.39, 0.29) is 31.0 Å². The van der Waals surface area contributed by atoms with Crippen LogP contribution in [0.3, 0.4) is 0 Å². The molecule has 2 aromatic carbocycles. The number of benzene rings is 2. The predicted molar refractivity (Wildman–Crippen MR) is 92.1 cm³/mol. The van der Waals surface area contributed by atoms with Gasteiger partial charge < -0.3 is 4.90 Å². The lowest BCUT2D eigenvalue weighted by Gasteiger charge is -2.29. The van der Waals surface area contributed by atoms with Crippen molar-refractivity contribution in [3.05, 3.63) is 65.2 Å². The lowest BCUT2D eigenvalue weighted by atomic mass is 10.00. The summed E-state index contributed by atoms with van der Waals surface area (Å²) in [5, 5.41) is 0. The molecule has 0 fully saturated rings. The first kappa shape index (κ1) is 19.4. The van der Waals surface area contributed by atoms with E-state index in [1.54, 1.807) is 30.3 Å². The van der Waals surface area contributed by atoms with Crippen LogP contribution in [0.5, 0.6) is 0 Å². The molecule has 5 nitrogen and oxygen atoms in total. The summed E-state index contributed by atoms with van der Waals surface area (Å²) in [7, 11) is -3.83. The first-order chi connectivity index (χ1) is 12.7. The highest BCUT2D eigenvalue weighted by atomic mass is 32.2. The van der Waals surface area contributed by atoms with Gasteiger partial charge in [-0.25, -0.2) is 13.1 Å². The monoisotopic (exact) mass is 398 g/mol. The van der Waals surface area contributed by atoms with Crippen LogP contribution in [-0.4, -0.2) is 31.9 Å². The molecule has 0 spiro atoms. The molecule has 0 bridgehead atoms. The number of rotatable bonds is 4. The van der Waals surface area contributed by atoms with Gasteiger partial charge in [0.15, 0.2) is 0 Å². The fourth-order valence-corrected chi connectivity index (χ4v) is 3.98. The predicted octanol–water partition coefficient (Wildman–Crippen LogP) is 2.61. The van der Waals surface area contributed by atoms with Crippen LogP contribution in [0.4, 0.5) is 13.2 Å². The van der Waals surface area contributed by atoms with Gasteiger partial charge in [-0.3, -0.25) is 4.79 Å². The Bertz CT molecular complexity index is 944. The second-order valence-electron chi connectivity index (χ2n) is 6.22. The average molecular weight is 398 g/mol. The fourth-order valence-electron chi connectivity index (χ4n) is 2.91. The lowest BCUT2D eigenvalue weighted by molar-refractivity contribution is -0.186. The van der Waals surface area contributed by atoms with E-state index in [0.29, 0.717) is 10.5 Å². The minimum absolute atomic E-state index is 0.0431. The molecular weight excluding hydrogens is 381 g/mol. The third-order valence-electron chi connectivity index (χ3n) is 4.34. The topological polar surface area (TPSA) is 66.5 Å². The van der Waals surface area contributed by atoms with Gasteiger partial charge in [-0.1, -0.05) is 36.4 Å². The van der Waals surface area contributed by atoms with Gasteiger partial charge in [0, 0.05) is 19.6 Å². The second-order valence-corrected chi connectivity index (χ2v) is 7.98. The Morgan fingerprint density at radius 3 is 2.44 bits per heavy atom. The summed E-state index contributed by atoms with van der Waals surface area (Å²) in [5.74, 6) is -1.91. The quantitative estimate of drug-likeness (QED) is 0.861. The van der Waals surface area contributed by atoms with Crippen LogP contribution in [-0.2, 0) is 34.3 Å². The summed E-state index contributed by atoms with van der Waals surface area (Å²) in [4.78, 5) is 12.1. The summed E-state index contributed by atoms with van der Waals surface area (Å²) in [6.07, 6.45) is -4.70. The van der Waals surface area contributed by atoms with Crippen LogP contribution in [0.1, 0.15) is 16.7 Å². The van der Waals surface area contributed by atoms with Gasteiger partial charge in [0.05, 0.1) is 4.90 Å². The number of nitrogens with one attached hydrogen (secondary N) is 1. The number of nitrogens with zero attached hydrogens (tertiary/aromatic N) is 1. The maximum Gasteiger partial charge on any atom is 0.471 e. The molecule has 0 atom stereocenters. The number of sulfonamides is 1. The molecule has 1 heterocycles. The van der Waals surface area contributed by atoms with Crippen molar-refractivity contribution >= 4 is 15.9 Å². The van der Waals surface area contributed by atoms with Crippen molar-refractivity contribution in [2.45, 2.75) is 30.6 Å². The Labute approximate surface area is 154 Å². The summed E-state index contributed by atoms with van der Waals surface area (Å²) in [5.41, 5.74) is 1.92. The number of carbonyl (C=O) groups excluding carboxylic acids is 1. The second kappa shape index (κ2) is 7.32. The average Bonchev–Trinajstić information content (AvgIpc) is 2.65. The van der Waals surface area contributed by atoms with E-state index in [4.69, 9.17) is 0 Å². The highest BCUT2D eigenvalue weighted by molar-refractivity contribution is 7.89. The number of hydrogen-bond donors (Lipinski definition) is 1. The number of alkyl halides is 3. The number of amides is 1. The molecule has 0 aliphatic carbocycles. The maximum absolute atomic E-state index is 12.6. The smallest absolute Gasteiger partial charge is 0.330 e. The normalized spacial score (nSPS) is 14.7. The minimum atomic E-state index is -4.95. The molecule has 1 aliphatic rings. The zero-order valence-electron chi connectivity index (χ0n) is 14.2. The van der Waals surface area contributed by atoms with Crippen LogP contribution in [0.15, 0.2) is 53.4 Å². The van der Waals surface area contributed by atoms with Crippen molar-refractivity contribution in [1.82, 2.24) is 9.62 Å². The highest BCUT2D eigenvalue weighted by Crippen LogP contribution is 2.26. The van der Waals surface area contributed by atoms with Crippen LogP contribution in [0, 0.1) is 0 Å². The van der Waals surface area contributed by atoms with Crippen molar-refractivity contribution in [3.63, 3.8) is 0 Å². The van der Waals surface area contributed by atoms with Crippen molar-refractivity contribution < 1.29 is 26.4 Å². The van der Waals surface area contributed by atoms with E-state index >= 15 is 0 Å². The molecule has 0 saturated carbocycles. The molecular formula is C18H17F3N2O3S. The summed E-state index contributed by atoms with van der Waals surface area (Å²) in [6.45, 7) is -0.224. The number of carbonyl (C=O) groups is 1. The Morgan fingerprint density at radius 2 is 1.78 bits per heavy atom. The van der Waals surface area contributed by atoms with E-state index in [9.17, 15) is 26.4 Å². The third kappa shape index (κ3) is 4.48. The Hall–Kier alpha value is -2.39. The van der Waals surface area contributed by atoms with Crippen molar-refractivity contribution in [2.75, 3.05) is 6.54 Å². The molecule has 0 radical (unpaired) electrons. The SMILES string of the molecule is O=C(N1CCc2ccc(S(=O)(=O)NCc3ccccc3)cc2C1)C(F)(F)F. The molecule has 0 saturated heterocycles. The highest BCUT2D eigenvalue weighted by Gasteiger charge is 2.43. The third-order valence-corrected chi connectivity index (χ3v) is 5.74. The molecule has 144 valence electrons. The van der Waals surface area contributed by atoms with Gasteiger partial charge in [0.1, 0.15) is 0 Å². The molecule has 0 unspecified atom stereocenters. The summed E-state index contributed by atoms with van der Waals surface area (Å²) >= 11 is 0. The Balaban J connectivity index is 1.78. The van der Waals surface area contributed by atoms with Crippen LogP contribution >= 0.6 is 0 Å². The number of halogens is 3. The molecule has 1 amide bonds. The van der Waals surface area contributed by atoms with Gasteiger partial charge >= 0.3 is 12.1 Å². The van der Waals surface area contributed by atoms with E-state index < -0.39 is 22.1 Å². The van der Waals surface area contributed by atoms with Gasteiger partial charge in [0.2, 0.25) is 10.0 Å². The van der Waals surface area contributed by atoms with E-state index in [2.05, 4.69) is 4.72 Å². The molecule has 2 aromatic rings. The van der Waals surface area contributed by atoms with E-state index in [1.165, 1.54) is 12.1 Å². The zero-order valence-corrected chi connectivity index (χ0v) is 15.0. The molecule has 0 aromatic heterocycles. The lowest BCUT2D eigenvalue weighted by Crippen LogP contribution is -2.43. The van der Waals surface area contributed by atoms with Crippen molar-refractivity contribution in [1.29, 1.82) is 0 Å². The summed E-state index contributed by atoms with van der Waals surface area (Å²) < 4.78 is 65.4. The minimum Gasteiger partial charge on any atom is -0.330 e. The Morgan fingerprint density at radius 1 is 1.07 bits per heavy atom. The Kier molecular flexibility index (Phi) is 5.25. The van der Waals surface area contributed by atoms with Gasteiger partial charge in [-0.15, -0.1) is 0 Å². The van der Waals surface area contributed by atoms with Crippen LogP contribution in [0.2, 0.25) is 0 Å². The van der Waals surface area contributed by atoms with Crippen LogP contribution in [0.25, 0.3) is 0 Å². The first-order valence-electron chi connectivity index (χ1n) is 8.18. The fraction of sp³-hybridized carbons (Fsp3) is 0.278. The molecule has 1 N–H and O–H groups in total. The number of fused-ring (bicyclic) bond motifs is 1. The van der Waals surface area contributed by atoms with E-state index in [1.807, 2.05) is 6.07 Å². The standard InChI is InChI=1S/C18H17F3N2O3S/c19-18(20,21)17(24)23-9-8-14-6-7-16(10-15(14)12-23)27(25,26)22-11-13-4-2-1-3-5-13/h1-7,10,22H,8-9,11-12H2. The maximum atomic E-state index is 12.6. The zero-order chi connectivity index (χ0) is 19.7. The van der Waals surface area contributed by atoms with Gasteiger partial charge in [-0.05, 0) is 35.2 Å². The molecule has 1 aliphatic heterocycles. The molecule has 9 heteroatoms. The first-order valence-corrected chi connectivity index (χ1v) is 9.66. The van der Waals surface area contributed by atoms with Crippen molar-refractivity contribution in [2.24, 2.45) is 0 Å². The summed E-state index contributed by atoms with van der Waals surface area (Å²) in [6, 6.07) is 13.3. The largest absolute Gasteiger partial charge is 0.471 e. The molecule has 3 rings (SSSR count). The van der Waals surface area contributed by atoms with Crippen molar-refractivity contribution in [3.8, 4) is 0 Å².